The maximum atomic E-state index is 12.8. The number of hydrogen-bond acceptors (Lipinski definition) is 4. The van der Waals surface area contributed by atoms with Gasteiger partial charge < -0.3 is 20.5 Å². The van der Waals surface area contributed by atoms with Crippen molar-refractivity contribution in [3.8, 4) is 0 Å². The standard InChI is InChI=1S/C23H35ClN2O3.CH4/c24-21-7-6-19(16-29-13-11-25-10-3-12-27)14-20(21)22(28)26-17-23-8-1-4-18(15-23)5-2-9-23;/h6-7,14,18,25,27H,1-5,8-13,15-17H2,(H,26,28);1H4. The third kappa shape index (κ3) is 7.23. The van der Waals surface area contributed by atoms with Crippen molar-refractivity contribution in [3.05, 3.63) is 34.3 Å². The zero-order chi connectivity index (χ0) is 20.5. The van der Waals surface area contributed by atoms with Crippen LogP contribution >= 0.6 is 11.6 Å². The molecule has 2 bridgehead atoms. The van der Waals surface area contributed by atoms with Gasteiger partial charge in [-0.1, -0.05) is 50.8 Å². The summed E-state index contributed by atoms with van der Waals surface area (Å²) >= 11 is 6.32. The second-order valence-corrected chi connectivity index (χ2v) is 9.14. The number of fused-ring (bicyclic) bond motifs is 2. The number of carbonyl (C=O) groups is 1. The number of halogens is 1. The van der Waals surface area contributed by atoms with Crippen molar-refractivity contribution >= 4 is 17.5 Å². The average Bonchev–Trinajstić information content (AvgIpc) is 2.72. The van der Waals surface area contributed by atoms with Gasteiger partial charge in [-0.15, -0.1) is 0 Å². The molecule has 1 aromatic carbocycles. The van der Waals surface area contributed by atoms with Crippen LogP contribution in [0.2, 0.25) is 5.02 Å². The highest BCUT2D eigenvalue weighted by atomic mass is 35.5. The molecule has 0 saturated heterocycles. The highest BCUT2D eigenvalue weighted by Crippen LogP contribution is 2.48. The lowest BCUT2D eigenvalue weighted by atomic mass is 9.62. The van der Waals surface area contributed by atoms with Crippen molar-refractivity contribution in [3.63, 3.8) is 0 Å². The molecule has 0 radical (unpaired) electrons. The van der Waals surface area contributed by atoms with Gasteiger partial charge in [-0.3, -0.25) is 4.79 Å². The van der Waals surface area contributed by atoms with E-state index in [1.54, 1.807) is 6.07 Å². The Balaban J connectivity index is 0.00000320. The van der Waals surface area contributed by atoms with E-state index in [2.05, 4.69) is 10.6 Å². The first kappa shape index (κ1) is 25.1. The minimum Gasteiger partial charge on any atom is -0.396 e. The highest BCUT2D eigenvalue weighted by molar-refractivity contribution is 6.33. The van der Waals surface area contributed by atoms with E-state index < -0.39 is 0 Å². The Bertz CT molecular complexity index is 658. The molecule has 3 N–H and O–H groups in total. The first-order chi connectivity index (χ1) is 14.1. The number of amides is 1. The van der Waals surface area contributed by atoms with Crippen LogP contribution in [0.4, 0.5) is 0 Å². The average molecular weight is 439 g/mol. The molecule has 1 amide bonds. The van der Waals surface area contributed by atoms with Crippen LogP contribution in [0.25, 0.3) is 0 Å². The number of nitrogens with one attached hydrogen (secondary N) is 2. The molecule has 5 nitrogen and oxygen atoms in total. The Morgan fingerprint density at radius 2 is 2.00 bits per heavy atom. The van der Waals surface area contributed by atoms with Gasteiger partial charge in [-0.2, -0.15) is 0 Å². The van der Waals surface area contributed by atoms with Crippen molar-refractivity contribution in [2.45, 2.75) is 65.4 Å². The van der Waals surface area contributed by atoms with Crippen LogP contribution in [0.3, 0.4) is 0 Å². The topological polar surface area (TPSA) is 70.6 Å². The summed E-state index contributed by atoms with van der Waals surface area (Å²) in [6.07, 6.45) is 9.79. The van der Waals surface area contributed by atoms with Crippen molar-refractivity contribution in [2.24, 2.45) is 11.3 Å². The summed E-state index contributed by atoms with van der Waals surface area (Å²) in [4.78, 5) is 12.8. The Morgan fingerprint density at radius 1 is 1.23 bits per heavy atom. The van der Waals surface area contributed by atoms with Gasteiger partial charge >= 0.3 is 0 Å². The second-order valence-electron chi connectivity index (χ2n) is 8.73. The number of ether oxygens (including phenoxy) is 1. The molecule has 2 fully saturated rings. The largest absolute Gasteiger partial charge is 0.396 e. The summed E-state index contributed by atoms with van der Waals surface area (Å²) in [5.41, 5.74) is 1.78. The minimum atomic E-state index is -0.0791. The molecule has 0 atom stereocenters. The Hall–Kier alpha value is -1.14. The molecule has 0 heterocycles. The predicted molar refractivity (Wildman–Crippen MR) is 123 cm³/mol. The van der Waals surface area contributed by atoms with Crippen LogP contribution in [-0.2, 0) is 11.3 Å². The van der Waals surface area contributed by atoms with Crippen LogP contribution in [0.1, 0.15) is 74.7 Å². The van der Waals surface area contributed by atoms with E-state index in [0.29, 0.717) is 29.2 Å². The molecule has 3 rings (SSSR count). The smallest absolute Gasteiger partial charge is 0.252 e. The lowest BCUT2D eigenvalue weighted by Gasteiger charge is -2.45. The molecular weight excluding hydrogens is 400 g/mol. The molecule has 1 aromatic rings. The number of aliphatic hydroxyl groups is 1. The summed E-state index contributed by atoms with van der Waals surface area (Å²) in [6, 6.07) is 5.53. The van der Waals surface area contributed by atoms with Crippen molar-refractivity contribution in [2.75, 3.05) is 32.8 Å². The van der Waals surface area contributed by atoms with E-state index >= 15 is 0 Å². The molecule has 6 heteroatoms. The molecule has 30 heavy (non-hydrogen) atoms. The normalized spacial score (nSPS) is 22.9. The van der Waals surface area contributed by atoms with Gasteiger partial charge in [0.05, 0.1) is 23.8 Å². The number of benzene rings is 1. The molecule has 0 aromatic heterocycles. The summed E-state index contributed by atoms with van der Waals surface area (Å²) in [5, 5.41) is 15.6. The van der Waals surface area contributed by atoms with E-state index in [1.165, 1.54) is 44.9 Å². The summed E-state index contributed by atoms with van der Waals surface area (Å²) in [6.45, 7) is 3.52. The van der Waals surface area contributed by atoms with Crippen LogP contribution < -0.4 is 10.6 Å². The Kier molecular flexibility index (Phi) is 10.6. The summed E-state index contributed by atoms with van der Waals surface area (Å²) in [7, 11) is 0. The van der Waals surface area contributed by atoms with Gasteiger partial charge in [-0.05, 0) is 61.3 Å². The quantitative estimate of drug-likeness (QED) is 0.443. The molecule has 0 spiro atoms. The maximum Gasteiger partial charge on any atom is 0.252 e. The molecule has 2 saturated carbocycles. The lowest BCUT2D eigenvalue weighted by molar-refractivity contribution is 0.0681. The summed E-state index contributed by atoms with van der Waals surface area (Å²) < 4.78 is 5.68. The van der Waals surface area contributed by atoms with Gasteiger partial charge in [0, 0.05) is 19.7 Å². The SMILES string of the molecule is C.O=C(NCC12CCCC(CCC1)C2)c1cc(COCCNCCCO)ccc1Cl. The second kappa shape index (κ2) is 12.7. The molecule has 0 unspecified atom stereocenters. The van der Waals surface area contributed by atoms with Gasteiger partial charge in [0.1, 0.15) is 0 Å². The van der Waals surface area contributed by atoms with E-state index in [4.69, 9.17) is 21.4 Å². The predicted octanol–water partition coefficient (Wildman–Crippen LogP) is 4.56. The lowest BCUT2D eigenvalue weighted by Crippen LogP contribution is -2.43. The van der Waals surface area contributed by atoms with Crippen molar-refractivity contribution < 1.29 is 14.6 Å². The van der Waals surface area contributed by atoms with Crippen molar-refractivity contribution in [1.29, 1.82) is 0 Å². The molecule has 2 aliphatic carbocycles. The first-order valence-corrected chi connectivity index (χ1v) is 11.5. The molecule has 170 valence electrons. The minimum absolute atomic E-state index is 0. The fourth-order valence-corrected chi connectivity index (χ4v) is 5.14. The highest BCUT2D eigenvalue weighted by Gasteiger charge is 2.39. The Labute approximate surface area is 186 Å². The molecular formula is C24H39ClN2O3. The fourth-order valence-electron chi connectivity index (χ4n) is 4.93. The van der Waals surface area contributed by atoms with Crippen molar-refractivity contribution in [1.82, 2.24) is 10.6 Å². The van der Waals surface area contributed by atoms with Gasteiger partial charge in [-0.25, -0.2) is 0 Å². The summed E-state index contributed by atoms with van der Waals surface area (Å²) in [5.74, 6) is 0.779. The van der Waals surface area contributed by atoms with E-state index in [0.717, 1.165) is 37.5 Å². The van der Waals surface area contributed by atoms with Gasteiger partial charge in [0.2, 0.25) is 0 Å². The number of rotatable bonds is 11. The zero-order valence-electron chi connectivity index (χ0n) is 17.4. The molecule has 2 aliphatic rings. The van der Waals surface area contributed by atoms with Crippen LogP contribution in [0.15, 0.2) is 18.2 Å². The maximum absolute atomic E-state index is 12.8. The van der Waals surface area contributed by atoms with Gasteiger partial charge in [0.15, 0.2) is 0 Å². The zero-order valence-corrected chi connectivity index (χ0v) is 18.1. The third-order valence-electron chi connectivity index (χ3n) is 6.46. The molecule has 0 aliphatic heterocycles. The van der Waals surface area contributed by atoms with Crippen LogP contribution in [0, 0.1) is 11.3 Å². The van der Waals surface area contributed by atoms with E-state index in [9.17, 15) is 4.79 Å². The number of aliphatic hydroxyl groups excluding tert-OH is 1. The van der Waals surface area contributed by atoms with E-state index in [1.807, 2.05) is 12.1 Å². The van der Waals surface area contributed by atoms with Crippen LogP contribution in [0.5, 0.6) is 0 Å². The van der Waals surface area contributed by atoms with Crippen LogP contribution in [-0.4, -0.2) is 43.9 Å². The monoisotopic (exact) mass is 438 g/mol. The fraction of sp³-hybridized carbons (Fsp3) is 0.708. The third-order valence-corrected chi connectivity index (χ3v) is 6.79. The van der Waals surface area contributed by atoms with E-state index in [-0.39, 0.29) is 19.9 Å². The Morgan fingerprint density at radius 3 is 2.73 bits per heavy atom. The number of carbonyl (C=O) groups excluding carboxylic acids is 1. The first-order valence-electron chi connectivity index (χ1n) is 11.1. The van der Waals surface area contributed by atoms with Gasteiger partial charge in [0.25, 0.3) is 5.91 Å². The number of hydrogen-bond donors (Lipinski definition) is 3.